The Bertz CT molecular complexity index is 482. The molecular formula is C18H27NO3. The minimum Gasteiger partial charge on any atom is -0.494 e. The van der Waals surface area contributed by atoms with E-state index >= 15 is 0 Å². The van der Waals surface area contributed by atoms with Gasteiger partial charge in [0.15, 0.2) is 0 Å². The lowest BCUT2D eigenvalue weighted by Crippen LogP contribution is -2.48. The van der Waals surface area contributed by atoms with E-state index in [1.807, 2.05) is 38.1 Å². The van der Waals surface area contributed by atoms with Gasteiger partial charge in [-0.25, -0.2) is 0 Å². The summed E-state index contributed by atoms with van der Waals surface area (Å²) < 4.78 is 11.3. The first-order valence-electron chi connectivity index (χ1n) is 8.28. The Labute approximate surface area is 133 Å². The highest BCUT2D eigenvalue weighted by Gasteiger charge is 2.42. The standard InChI is InChI=1S/C18H27NO3/c1-4-21-16-10-8-15(9-11-16)19-17(20)18(22-5-2)12-6-7-14(3)13-18/h8-11,14H,4-7,12-13H2,1-3H3,(H,19,20). The molecule has 4 nitrogen and oxygen atoms in total. The summed E-state index contributed by atoms with van der Waals surface area (Å²) in [6, 6.07) is 7.48. The fourth-order valence-electron chi connectivity index (χ4n) is 3.23. The lowest BCUT2D eigenvalue weighted by Gasteiger charge is -2.38. The van der Waals surface area contributed by atoms with E-state index in [-0.39, 0.29) is 5.91 Å². The normalized spacial score (nSPS) is 24.8. The zero-order valence-corrected chi connectivity index (χ0v) is 13.9. The van der Waals surface area contributed by atoms with Crippen molar-refractivity contribution >= 4 is 11.6 Å². The monoisotopic (exact) mass is 305 g/mol. The van der Waals surface area contributed by atoms with Gasteiger partial charge in [0.25, 0.3) is 5.91 Å². The molecule has 2 rings (SSSR count). The van der Waals surface area contributed by atoms with Gasteiger partial charge in [0.05, 0.1) is 6.61 Å². The van der Waals surface area contributed by atoms with Gasteiger partial charge in [0.2, 0.25) is 0 Å². The SMILES string of the molecule is CCOc1ccc(NC(=O)C2(OCC)CCCC(C)C2)cc1. The van der Waals surface area contributed by atoms with Crippen LogP contribution in [-0.4, -0.2) is 24.7 Å². The van der Waals surface area contributed by atoms with Crippen molar-refractivity contribution in [3.63, 3.8) is 0 Å². The van der Waals surface area contributed by atoms with Crippen molar-refractivity contribution in [1.29, 1.82) is 0 Å². The number of amides is 1. The molecule has 1 saturated carbocycles. The van der Waals surface area contributed by atoms with E-state index in [2.05, 4.69) is 12.2 Å². The molecular weight excluding hydrogens is 278 g/mol. The van der Waals surface area contributed by atoms with E-state index in [4.69, 9.17) is 9.47 Å². The first kappa shape index (κ1) is 16.8. The second kappa shape index (κ2) is 7.63. The lowest BCUT2D eigenvalue weighted by molar-refractivity contribution is -0.147. The summed E-state index contributed by atoms with van der Waals surface area (Å²) in [5.41, 5.74) is 0.108. The smallest absolute Gasteiger partial charge is 0.256 e. The van der Waals surface area contributed by atoms with Gasteiger partial charge in [-0.05, 0) is 63.3 Å². The zero-order chi connectivity index (χ0) is 16.0. The highest BCUT2D eigenvalue weighted by atomic mass is 16.5. The van der Waals surface area contributed by atoms with Crippen molar-refractivity contribution in [3.05, 3.63) is 24.3 Å². The van der Waals surface area contributed by atoms with Crippen molar-refractivity contribution in [2.45, 2.75) is 52.1 Å². The minimum atomic E-state index is -0.676. The molecule has 1 N–H and O–H groups in total. The Morgan fingerprint density at radius 1 is 1.27 bits per heavy atom. The molecule has 2 atom stereocenters. The number of rotatable bonds is 6. The fourth-order valence-corrected chi connectivity index (χ4v) is 3.23. The van der Waals surface area contributed by atoms with Crippen molar-refractivity contribution < 1.29 is 14.3 Å². The van der Waals surface area contributed by atoms with Gasteiger partial charge in [-0.3, -0.25) is 4.79 Å². The molecule has 1 amide bonds. The molecule has 0 aliphatic heterocycles. The van der Waals surface area contributed by atoms with E-state index in [1.54, 1.807) is 0 Å². The third kappa shape index (κ3) is 4.01. The summed E-state index contributed by atoms with van der Waals surface area (Å²) in [5, 5.41) is 3.01. The van der Waals surface area contributed by atoms with E-state index in [1.165, 1.54) is 6.42 Å². The van der Waals surface area contributed by atoms with Crippen LogP contribution in [-0.2, 0) is 9.53 Å². The molecule has 1 aromatic rings. The molecule has 4 heteroatoms. The summed E-state index contributed by atoms with van der Waals surface area (Å²) >= 11 is 0. The highest BCUT2D eigenvalue weighted by molar-refractivity contribution is 5.97. The Morgan fingerprint density at radius 3 is 2.59 bits per heavy atom. The third-order valence-electron chi connectivity index (χ3n) is 4.21. The Hall–Kier alpha value is -1.55. The van der Waals surface area contributed by atoms with Crippen LogP contribution in [0, 0.1) is 5.92 Å². The summed E-state index contributed by atoms with van der Waals surface area (Å²) in [4.78, 5) is 12.8. The second-order valence-corrected chi connectivity index (χ2v) is 6.04. The number of anilines is 1. The van der Waals surface area contributed by atoms with Crippen molar-refractivity contribution in [3.8, 4) is 5.75 Å². The number of carbonyl (C=O) groups is 1. The first-order valence-corrected chi connectivity index (χ1v) is 8.28. The van der Waals surface area contributed by atoms with E-state index in [9.17, 15) is 4.79 Å². The zero-order valence-electron chi connectivity index (χ0n) is 13.9. The largest absolute Gasteiger partial charge is 0.494 e. The molecule has 0 aromatic heterocycles. The average Bonchev–Trinajstić information content (AvgIpc) is 2.50. The molecule has 1 aromatic carbocycles. The van der Waals surface area contributed by atoms with Crippen LogP contribution >= 0.6 is 0 Å². The molecule has 0 heterocycles. The topological polar surface area (TPSA) is 47.6 Å². The lowest BCUT2D eigenvalue weighted by atomic mass is 9.78. The number of nitrogens with one attached hydrogen (secondary N) is 1. The van der Waals surface area contributed by atoms with Crippen molar-refractivity contribution in [2.24, 2.45) is 5.92 Å². The molecule has 1 aliphatic carbocycles. The van der Waals surface area contributed by atoms with Gasteiger partial charge in [0.1, 0.15) is 11.4 Å². The molecule has 1 aliphatic rings. The summed E-state index contributed by atoms with van der Waals surface area (Å²) in [7, 11) is 0. The molecule has 0 saturated heterocycles. The van der Waals surface area contributed by atoms with Crippen LogP contribution < -0.4 is 10.1 Å². The molecule has 22 heavy (non-hydrogen) atoms. The number of hydrogen-bond donors (Lipinski definition) is 1. The van der Waals surface area contributed by atoms with Gasteiger partial charge < -0.3 is 14.8 Å². The number of hydrogen-bond acceptors (Lipinski definition) is 3. The molecule has 0 bridgehead atoms. The second-order valence-electron chi connectivity index (χ2n) is 6.04. The summed E-state index contributed by atoms with van der Waals surface area (Å²) in [6.07, 6.45) is 3.81. The van der Waals surface area contributed by atoms with E-state index in [0.29, 0.717) is 19.1 Å². The number of carbonyl (C=O) groups excluding carboxylic acids is 1. The Balaban J connectivity index is 2.07. The fraction of sp³-hybridized carbons (Fsp3) is 0.611. The minimum absolute atomic E-state index is 0.0231. The van der Waals surface area contributed by atoms with Crippen LogP contribution in [0.2, 0.25) is 0 Å². The van der Waals surface area contributed by atoms with Crippen molar-refractivity contribution in [2.75, 3.05) is 18.5 Å². The summed E-state index contributed by atoms with van der Waals surface area (Å²) in [6.45, 7) is 7.29. The maximum atomic E-state index is 12.8. The summed E-state index contributed by atoms with van der Waals surface area (Å²) in [5.74, 6) is 1.31. The maximum Gasteiger partial charge on any atom is 0.256 e. The predicted molar refractivity (Wildman–Crippen MR) is 88.2 cm³/mol. The first-order chi connectivity index (χ1) is 10.6. The molecule has 122 valence electrons. The van der Waals surface area contributed by atoms with Gasteiger partial charge in [-0.15, -0.1) is 0 Å². The molecule has 0 spiro atoms. The van der Waals surface area contributed by atoms with Gasteiger partial charge in [-0.2, -0.15) is 0 Å². The predicted octanol–water partition coefficient (Wildman–Crippen LogP) is 4.01. The third-order valence-corrected chi connectivity index (χ3v) is 4.21. The Morgan fingerprint density at radius 2 is 2.00 bits per heavy atom. The number of ether oxygens (including phenoxy) is 2. The van der Waals surface area contributed by atoms with E-state index < -0.39 is 5.60 Å². The van der Waals surface area contributed by atoms with Crippen LogP contribution in [0.3, 0.4) is 0 Å². The van der Waals surface area contributed by atoms with Crippen LogP contribution in [0.1, 0.15) is 46.5 Å². The Kier molecular flexibility index (Phi) is 5.83. The van der Waals surface area contributed by atoms with E-state index in [0.717, 1.165) is 30.7 Å². The quantitative estimate of drug-likeness (QED) is 0.864. The van der Waals surface area contributed by atoms with Gasteiger partial charge in [0, 0.05) is 12.3 Å². The number of benzene rings is 1. The average molecular weight is 305 g/mol. The highest BCUT2D eigenvalue weighted by Crippen LogP contribution is 2.36. The van der Waals surface area contributed by atoms with Gasteiger partial charge >= 0.3 is 0 Å². The maximum absolute atomic E-state index is 12.8. The van der Waals surface area contributed by atoms with Crippen LogP contribution in [0.4, 0.5) is 5.69 Å². The molecule has 0 radical (unpaired) electrons. The molecule has 2 unspecified atom stereocenters. The van der Waals surface area contributed by atoms with Crippen LogP contribution in [0.25, 0.3) is 0 Å². The van der Waals surface area contributed by atoms with Crippen LogP contribution in [0.15, 0.2) is 24.3 Å². The van der Waals surface area contributed by atoms with Gasteiger partial charge in [-0.1, -0.05) is 13.3 Å². The van der Waals surface area contributed by atoms with Crippen LogP contribution in [0.5, 0.6) is 5.75 Å². The molecule has 1 fully saturated rings. The van der Waals surface area contributed by atoms with Crippen molar-refractivity contribution in [1.82, 2.24) is 0 Å².